The first kappa shape index (κ1) is 26.8. The number of para-hydroxylation sites is 3. The van der Waals surface area contributed by atoms with Gasteiger partial charge in [-0.25, -0.2) is 4.99 Å². The molecule has 0 aliphatic carbocycles. The summed E-state index contributed by atoms with van der Waals surface area (Å²) in [5.41, 5.74) is 4.44. The van der Waals surface area contributed by atoms with Crippen LogP contribution in [0.4, 0.5) is 17.1 Å². The number of amides is 2. The van der Waals surface area contributed by atoms with E-state index in [1.165, 1.54) is 11.8 Å². The van der Waals surface area contributed by atoms with Crippen molar-refractivity contribution in [2.24, 2.45) is 4.99 Å². The van der Waals surface area contributed by atoms with Crippen LogP contribution in [0.5, 0.6) is 5.75 Å². The molecule has 3 N–H and O–H groups in total. The maximum Gasteiger partial charge on any atom is 0.255 e. The molecule has 2 amide bonds. The summed E-state index contributed by atoms with van der Waals surface area (Å²) in [5.74, 6) is 0.303. The molecule has 3 aromatic carbocycles. The zero-order valence-electron chi connectivity index (χ0n) is 21.8. The van der Waals surface area contributed by atoms with Crippen LogP contribution in [0.2, 0.25) is 0 Å². The summed E-state index contributed by atoms with van der Waals surface area (Å²) in [6, 6.07) is 24.0. The van der Waals surface area contributed by atoms with Crippen molar-refractivity contribution in [3.05, 3.63) is 95.7 Å². The highest BCUT2D eigenvalue weighted by Crippen LogP contribution is 2.34. The molecule has 1 atom stereocenters. The van der Waals surface area contributed by atoms with Gasteiger partial charge in [0.15, 0.2) is 5.17 Å². The number of nitrogens with zero attached hydrogens (tertiary/aromatic N) is 2. The third-order valence-electron chi connectivity index (χ3n) is 5.94. The van der Waals surface area contributed by atoms with Gasteiger partial charge in [-0.3, -0.25) is 9.59 Å². The number of nitrogens with one attached hydrogen (secondary N) is 3. The predicted octanol–water partition coefficient (Wildman–Crippen LogP) is 5.05. The van der Waals surface area contributed by atoms with Gasteiger partial charge in [0.2, 0.25) is 5.91 Å². The van der Waals surface area contributed by atoms with Gasteiger partial charge in [0.25, 0.3) is 5.91 Å². The minimum Gasteiger partial charge on any atom is -0.495 e. The Kier molecular flexibility index (Phi) is 8.70. The van der Waals surface area contributed by atoms with E-state index < -0.39 is 6.04 Å². The number of rotatable bonds is 8. The van der Waals surface area contributed by atoms with Crippen molar-refractivity contribution in [2.45, 2.75) is 13.0 Å². The van der Waals surface area contributed by atoms with Crippen LogP contribution >= 0.6 is 11.8 Å². The summed E-state index contributed by atoms with van der Waals surface area (Å²) in [7, 11) is 5.52. The highest BCUT2D eigenvalue weighted by molar-refractivity contribution is 8.14. The van der Waals surface area contributed by atoms with Crippen molar-refractivity contribution in [3.8, 4) is 5.75 Å². The molecule has 0 saturated carbocycles. The number of carbonyl (C=O) groups is 2. The molecule has 8 nitrogen and oxygen atoms in total. The number of ether oxygens (including phenoxy) is 1. The number of hydrogen-bond acceptors (Lipinski definition) is 7. The van der Waals surface area contributed by atoms with Gasteiger partial charge in [0.1, 0.15) is 11.8 Å². The molecule has 0 spiro atoms. The van der Waals surface area contributed by atoms with Crippen molar-refractivity contribution >= 4 is 45.8 Å². The lowest BCUT2D eigenvalue weighted by molar-refractivity contribution is -0.114. The molecule has 38 heavy (non-hydrogen) atoms. The molecule has 1 heterocycles. The number of thioether (sulfide) groups is 1. The Morgan fingerprint density at radius 3 is 2.34 bits per heavy atom. The first-order valence-corrected chi connectivity index (χ1v) is 13.1. The molecule has 1 aliphatic rings. The third-order valence-corrected chi connectivity index (χ3v) is 6.83. The van der Waals surface area contributed by atoms with Gasteiger partial charge < -0.3 is 25.6 Å². The molecule has 0 fully saturated rings. The van der Waals surface area contributed by atoms with Crippen LogP contribution < -0.4 is 25.6 Å². The van der Waals surface area contributed by atoms with Crippen LogP contribution in [0, 0.1) is 0 Å². The number of amidine groups is 1. The van der Waals surface area contributed by atoms with E-state index in [4.69, 9.17) is 9.73 Å². The molecule has 0 unspecified atom stereocenters. The molecule has 0 aromatic heterocycles. The quantitative estimate of drug-likeness (QED) is 0.378. The van der Waals surface area contributed by atoms with E-state index in [2.05, 4.69) is 16.0 Å². The number of anilines is 3. The second kappa shape index (κ2) is 12.3. The van der Waals surface area contributed by atoms with Crippen LogP contribution in [-0.4, -0.2) is 43.9 Å². The highest BCUT2D eigenvalue weighted by Gasteiger charge is 2.30. The zero-order valence-corrected chi connectivity index (χ0v) is 22.6. The summed E-state index contributed by atoms with van der Waals surface area (Å²) < 4.78 is 5.31. The lowest BCUT2D eigenvalue weighted by Crippen LogP contribution is -2.32. The number of hydrogen-bond donors (Lipinski definition) is 3. The molecule has 196 valence electrons. The van der Waals surface area contributed by atoms with Gasteiger partial charge >= 0.3 is 0 Å². The Balaban J connectivity index is 1.55. The number of carbonyl (C=O) groups excluding carboxylic acids is 2. The average molecular weight is 530 g/mol. The molecule has 1 aliphatic heterocycles. The van der Waals surface area contributed by atoms with Crippen LogP contribution in [0.3, 0.4) is 0 Å². The summed E-state index contributed by atoms with van der Waals surface area (Å²) in [6.07, 6.45) is 0. The molecule has 9 heteroatoms. The van der Waals surface area contributed by atoms with E-state index in [9.17, 15) is 9.59 Å². The van der Waals surface area contributed by atoms with Gasteiger partial charge in [-0.1, -0.05) is 54.2 Å². The van der Waals surface area contributed by atoms with E-state index in [0.717, 1.165) is 11.3 Å². The van der Waals surface area contributed by atoms with E-state index in [1.54, 1.807) is 19.2 Å². The van der Waals surface area contributed by atoms with Gasteiger partial charge in [-0.05, 0) is 48.9 Å². The van der Waals surface area contributed by atoms with Crippen molar-refractivity contribution in [3.63, 3.8) is 0 Å². The fourth-order valence-electron chi connectivity index (χ4n) is 4.00. The number of aliphatic imine (C=N–C) groups is 1. The minimum absolute atomic E-state index is 0.134. The Labute approximate surface area is 227 Å². The second-order valence-corrected chi connectivity index (χ2v) is 9.81. The first-order valence-electron chi connectivity index (χ1n) is 12.1. The Hall–Kier alpha value is -4.24. The lowest BCUT2D eigenvalue weighted by atomic mass is 9.95. The van der Waals surface area contributed by atoms with E-state index in [1.807, 2.05) is 92.6 Å². The van der Waals surface area contributed by atoms with Crippen molar-refractivity contribution in [1.82, 2.24) is 5.32 Å². The van der Waals surface area contributed by atoms with Crippen molar-refractivity contribution in [2.75, 3.05) is 42.5 Å². The Morgan fingerprint density at radius 1 is 0.974 bits per heavy atom. The monoisotopic (exact) mass is 529 g/mol. The summed E-state index contributed by atoms with van der Waals surface area (Å²) in [5, 5.41) is 9.64. The highest BCUT2D eigenvalue weighted by atomic mass is 32.2. The zero-order chi connectivity index (χ0) is 27.1. The van der Waals surface area contributed by atoms with Crippen molar-refractivity contribution in [1.29, 1.82) is 0 Å². The fraction of sp³-hybridized carbons (Fsp3) is 0.207. The fourth-order valence-corrected chi connectivity index (χ4v) is 4.74. The van der Waals surface area contributed by atoms with Crippen LogP contribution in [-0.2, 0) is 9.59 Å². The van der Waals surface area contributed by atoms with E-state index in [0.29, 0.717) is 33.6 Å². The largest absolute Gasteiger partial charge is 0.495 e. The predicted molar refractivity (Wildman–Crippen MR) is 156 cm³/mol. The molecule has 0 radical (unpaired) electrons. The Morgan fingerprint density at radius 2 is 1.66 bits per heavy atom. The number of benzene rings is 3. The van der Waals surface area contributed by atoms with E-state index >= 15 is 0 Å². The van der Waals surface area contributed by atoms with Gasteiger partial charge in [-0.2, -0.15) is 0 Å². The third kappa shape index (κ3) is 6.54. The maximum absolute atomic E-state index is 13.4. The van der Waals surface area contributed by atoms with Crippen LogP contribution in [0.1, 0.15) is 18.5 Å². The smallest absolute Gasteiger partial charge is 0.255 e. The first-order chi connectivity index (χ1) is 18.4. The molecule has 4 rings (SSSR count). The maximum atomic E-state index is 13.4. The van der Waals surface area contributed by atoms with Gasteiger partial charge in [-0.15, -0.1) is 0 Å². The summed E-state index contributed by atoms with van der Waals surface area (Å²) in [4.78, 5) is 33.0. The van der Waals surface area contributed by atoms with Crippen molar-refractivity contribution < 1.29 is 14.3 Å². The summed E-state index contributed by atoms with van der Waals surface area (Å²) >= 11 is 1.28. The SMILES string of the molecule is COc1ccccc1NC(=O)CSC1=N[C@H](c2ccc(N(C)C)cc2)C(C(=O)Nc2ccccc2)=C(C)N1. The minimum atomic E-state index is -0.532. The van der Waals surface area contributed by atoms with Gasteiger partial charge in [0.05, 0.1) is 24.1 Å². The number of methoxy groups -OCH3 is 1. The molecular weight excluding hydrogens is 498 g/mol. The normalized spacial score (nSPS) is 14.7. The Bertz CT molecular complexity index is 1350. The topological polar surface area (TPSA) is 95.1 Å². The van der Waals surface area contributed by atoms with Crippen LogP contribution in [0.25, 0.3) is 0 Å². The summed E-state index contributed by atoms with van der Waals surface area (Å²) in [6.45, 7) is 1.85. The number of allylic oxidation sites excluding steroid dienone is 1. The van der Waals surface area contributed by atoms with Crippen LogP contribution in [0.15, 0.2) is 95.1 Å². The standard InChI is InChI=1S/C29H31N5O3S/c1-19-26(28(36)31-21-10-6-5-7-11-21)27(20-14-16-22(17-15-20)34(2)3)33-29(30-19)38-18-25(35)32-23-12-8-9-13-24(23)37-4/h5-17,27H,18H2,1-4H3,(H,30,33)(H,31,36)(H,32,35)/t27-/m1/s1. The molecule has 0 saturated heterocycles. The molecule has 3 aromatic rings. The lowest BCUT2D eigenvalue weighted by Gasteiger charge is -2.26. The second-order valence-electron chi connectivity index (χ2n) is 8.84. The molecular formula is C29H31N5O3S. The van der Waals surface area contributed by atoms with E-state index in [-0.39, 0.29) is 17.6 Å². The average Bonchev–Trinajstić information content (AvgIpc) is 2.92. The molecule has 0 bridgehead atoms. The van der Waals surface area contributed by atoms with Gasteiger partial charge in [0, 0.05) is 31.2 Å².